The molecule has 2 rings (SSSR count). The van der Waals surface area contributed by atoms with Gasteiger partial charge in [-0.1, -0.05) is 11.6 Å². The molecule has 0 aliphatic carbocycles. The van der Waals surface area contributed by atoms with Crippen LogP contribution in [-0.4, -0.2) is 44.9 Å². The van der Waals surface area contributed by atoms with Gasteiger partial charge in [-0.25, -0.2) is 4.98 Å². The van der Waals surface area contributed by atoms with Crippen molar-refractivity contribution in [3.8, 4) is 0 Å². The van der Waals surface area contributed by atoms with Crippen LogP contribution in [0.5, 0.6) is 0 Å². The maximum Gasteiger partial charge on any atom is 0.308 e. The molecular formula is C11H10ClN3O5. The number of hydrogen-bond donors (Lipinski definition) is 1. The molecule has 1 amide bonds. The van der Waals surface area contributed by atoms with Crippen LogP contribution in [0, 0.1) is 16.0 Å². The first kappa shape index (κ1) is 14.2. The second-order valence-corrected chi connectivity index (χ2v) is 4.74. The number of halogens is 1. The van der Waals surface area contributed by atoms with Crippen molar-refractivity contribution in [3.05, 3.63) is 33.1 Å². The summed E-state index contributed by atoms with van der Waals surface area (Å²) >= 11 is 5.65. The largest absolute Gasteiger partial charge is 0.481 e. The van der Waals surface area contributed by atoms with Crippen molar-refractivity contribution in [1.29, 1.82) is 0 Å². The Morgan fingerprint density at radius 2 is 2.25 bits per heavy atom. The highest BCUT2D eigenvalue weighted by Gasteiger charge is 2.34. The molecule has 20 heavy (non-hydrogen) atoms. The number of pyridine rings is 1. The predicted molar refractivity (Wildman–Crippen MR) is 67.5 cm³/mol. The highest BCUT2D eigenvalue weighted by Crippen LogP contribution is 2.25. The molecule has 1 aromatic rings. The van der Waals surface area contributed by atoms with Gasteiger partial charge in [0.2, 0.25) is 0 Å². The van der Waals surface area contributed by atoms with Crippen LogP contribution in [0.15, 0.2) is 12.3 Å². The van der Waals surface area contributed by atoms with E-state index < -0.39 is 28.4 Å². The van der Waals surface area contributed by atoms with Gasteiger partial charge in [0, 0.05) is 13.1 Å². The summed E-state index contributed by atoms with van der Waals surface area (Å²) in [7, 11) is 0. The fourth-order valence-electron chi connectivity index (χ4n) is 2.06. The van der Waals surface area contributed by atoms with E-state index in [-0.39, 0.29) is 23.8 Å². The minimum atomic E-state index is -0.984. The Bertz CT molecular complexity index is 591. The van der Waals surface area contributed by atoms with Gasteiger partial charge in [-0.15, -0.1) is 0 Å². The number of amides is 1. The first-order valence-corrected chi connectivity index (χ1v) is 6.10. The monoisotopic (exact) mass is 299 g/mol. The van der Waals surface area contributed by atoms with Gasteiger partial charge in [0.05, 0.1) is 10.8 Å². The number of hydrogen-bond acceptors (Lipinski definition) is 5. The van der Waals surface area contributed by atoms with Crippen LogP contribution in [0.25, 0.3) is 0 Å². The van der Waals surface area contributed by atoms with Crippen molar-refractivity contribution in [1.82, 2.24) is 9.88 Å². The lowest BCUT2D eigenvalue weighted by atomic mass is 10.1. The summed E-state index contributed by atoms with van der Waals surface area (Å²) in [6.45, 7) is 0.276. The minimum absolute atomic E-state index is 0.0330. The van der Waals surface area contributed by atoms with Crippen molar-refractivity contribution in [2.75, 3.05) is 13.1 Å². The van der Waals surface area contributed by atoms with Crippen LogP contribution in [-0.2, 0) is 4.79 Å². The molecule has 1 saturated heterocycles. The Hall–Kier alpha value is -2.22. The third kappa shape index (κ3) is 2.69. The van der Waals surface area contributed by atoms with Gasteiger partial charge in [-0.2, -0.15) is 0 Å². The Kier molecular flexibility index (Phi) is 3.84. The van der Waals surface area contributed by atoms with Crippen LogP contribution >= 0.6 is 11.6 Å². The van der Waals surface area contributed by atoms with Crippen LogP contribution in [0.3, 0.4) is 0 Å². The second-order valence-electron chi connectivity index (χ2n) is 4.36. The Morgan fingerprint density at radius 3 is 2.80 bits per heavy atom. The number of carboxylic acid groups (broad SMARTS) is 1. The lowest BCUT2D eigenvalue weighted by molar-refractivity contribution is -0.385. The normalized spacial score (nSPS) is 18.1. The SMILES string of the molecule is O=C(O)C1CCN(C(=O)c2cc(Cl)ncc2[N+](=O)[O-])C1. The maximum atomic E-state index is 12.2. The fourth-order valence-corrected chi connectivity index (χ4v) is 2.21. The summed E-state index contributed by atoms with van der Waals surface area (Å²) in [5, 5.41) is 19.7. The Balaban J connectivity index is 2.28. The lowest BCUT2D eigenvalue weighted by Gasteiger charge is -2.15. The van der Waals surface area contributed by atoms with Crippen LogP contribution in [0.1, 0.15) is 16.8 Å². The van der Waals surface area contributed by atoms with Gasteiger partial charge < -0.3 is 10.0 Å². The van der Waals surface area contributed by atoms with E-state index in [1.54, 1.807) is 0 Å². The van der Waals surface area contributed by atoms with Gasteiger partial charge in [0.1, 0.15) is 16.9 Å². The summed E-state index contributed by atoms with van der Waals surface area (Å²) < 4.78 is 0. The highest BCUT2D eigenvalue weighted by atomic mass is 35.5. The number of carbonyl (C=O) groups excluding carboxylic acids is 1. The number of aromatic nitrogens is 1. The zero-order valence-corrected chi connectivity index (χ0v) is 10.9. The van der Waals surface area contributed by atoms with Crippen molar-refractivity contribution in [2.24, 2.45) is 5.92 Å². The van der Waals surface area contributed by atoms with Gasteiger partial charge >= 0.3 is 5.97 Å². The van der Waals surface area contributed by atoms with E-state index >= 15 is 0 Å². The average Bonchev–Trinajstić information content (AvgIpc) is 2.87. The molecule has 1 aliphatic heterocycles. The van der Waals surface area contributed by atoms with Crippen molar-refractivity contribution in [2.45, 2.75) is 6.42 Å². The number of likely N-dealkylation sites (tertiary alicyclic amines) is 1. The fraction of sp³-hybridized carbons (Fsp3) is 0.364. The topological polar surface area (TPSA) is 114 Å². The first-order chi connectivity index (χ1) is 9.40. The molecule has 1 aromatic heterocycles. The Morgan fingerprint density at radius 1 is 1.55 bits per heavy atom. The minimum Gasteiger partial charge on any atom is -0.481 e. The molecule has 1 aliphatic rings. The van der Waals surface area contributed by atoms with E-state index in [1.807, 2.05) is 0 Å². The van der Waals surface area contributed by atoms with Crippen LogP contribution in [0.4, 0.5) is 5.69 Å². The molecule has 0 saturated carbocycles. The first-order valence-electron chi connectivity index (χ1n) is 5.72. The quantitative estimate of drug-likeness (QED) is 0.509. The molecule has 0 bridgehead atoms. The van der Waals surface area contributed by atoms with Crippen LogP contribution < -0.4 is 0 Å². The molecule has 1 unspecified atom stereocenters. The molecular weight excluding hydrogens is 290 g/mol. The zero-order chi connectivity index (χ0) is 14.9. The number of carbonyl (C=O) groups is 2. The summed E-state index contributed by atoms with van der Waals surface area (Å²) in [6, 6.07) is 1.12. The third-order valence-electron chi connectivity index (χ3n) is 3.10. The summed E-state index contributed by atoms with van der Waals surface area (Å²) in [5.41, 5.74) is -0.626. The zero-order valence-electron chi connectivity index (χ0n) is 10.2. The standard InChI is InChI=1S/C11H10ClN3O5/c12-9-3-7(8(4-13-9)15(19)20)10(16)14-2-1-6(5-14)11(17)18/h3-4,6H,1-2,5H2,(H,17,18). The van der Waals surface area contributed by atoms with Gasteiger partial charge in [-0.05, 0) is 12.5 Å². The van der Waals surface area contributed by atoms with Gasteiger partial charge in [0.25, 0.3) is 11.6 Å². The van der Waals surface area contributed by atoms with Crippen molar-refractivity contribution in [3.63, 3.8) is 0 Å². The molecule has 0 aromatic carbocycles. The molecule has 1 fully saturated rings. The average molecular weight is 300 g/mol. The van der Waals surface area contributed by atoms with E-state index in [4.69, 9.17) is 16.7 Å². The Labute approximate surface area is 118 Å². The number of nitrogens with zero attached hydrogens (tertiary/aromatic N) is 3. The van der Waals surface area contributed by atoms with Crippen molar-refractivity contribution >= 4 is 29.2 Å². The molecule has 9 heteroatoms. The molecule has 2 heterocycles. The summed E-state index contributed by atoms with van der Waals surface area (Å²) in [5.74, 6) is -2.23. The highest BCUT2D eigenvalue weighted by molar-refractivity contribution is 6.29. The summed E-state index contributed by atoms with van der Waals surface area (Å²) in [4.78, 5) is 38.1. The van der Waals surface area contributed by atoms with E-state index in [2.05, 4.69) is 4.98 Å². The van der Waals surface area contributed by atoms with E-state index in [9.17, 15) is 19.7 Å². The third-order valence-corrected chi connectivity index (χ3v) is 3.31. The number of nitro groups is 1. The number of carboxylic acids is 1. The molecule has 8 nitrogen and oxygen atoms in total. The lowest BCUT2D eigenvalue weighted by Crippen LogP contribution is -2.30. The van der Waals surface area contributed by atoms with Crippen molar-refractivity contribution < 1.29 is 19.6 Å². The molecule has 1 atom stereocenters. The van der Waals surface area contributed by atoms with E-state index in [0.717, 1.165) is 12.3 Å². The van der Waals surface area contributed by atoms with Crippen LogP contribution in [0.2, 0.25) is 5.15 Å². The number of aliphatic carboxylic acids is 1. The van der Waals surface area contributed by atoms with Gasteiger partial charge in [0.15, 0.2) is 0 Å². The number of rotatable bonds is 3. The predicted octanol–water partition coefficient (Wildman–Crippen LogP) is 1.19. The van der Waals surface area contributed by atoms with E-state index in [1.165, 1.54) is 4.90 Å². The van der Waals surface area contributed by atoms with E-state index in [0.29, 0.717) is 6.42 Å². The molecule has 0 radical (unpaired) electrons. The molecule has 1 N–H and O–H groups in total. The van der Waals surface area contributed by atoms with Gasteiger partial charge in [-0.3, -0.25) is 19.7 Å². The molecule has 0 spiro atoms. The maximum absolute atomic E-state index is 12.2. The second kappa shape index (κ2) is 5.41. The summed E-state index contributed by atoms with van der Waals surface area (Å²) in [6.07, 6.45) is 1.24. The molecule has 106 valence electrons. The smallest absolute Gasteiger partial charge is 0.308 e.